The van der Waals surface area contributed by atoms with E-state index in [4.69, 9.17) is 4.74 Å². The van der Waals surface area contributed by atoms with Gasteiger partial charge >= 0.3 is 0 Å². The highest BCUT2D eigenvalue weighted by molar-refractivity contribution is 7.17. The first-order chi connectivity index (χ1) is 12.4. The molecule has 1 N–H and O–H groups in total. The van der Waals surface area contributed by atoms with Gasteiger partial charge in [0.25, 0.3) is 5.91 Å². The number of carbonyl (C=O) groups excluding carboxylic acids is 1. The van der Waals surface area contributed by atoms with Gasteiger partial charge in [0, 0.05) is 23.5 Å². The number of nitrogens with one attached hydrogen (secondary N) is 1. The van der Waals surface area contributed by atoms with Crippen LogP contribution in [0.1, 0.15) is 41.6 Å². The molecule has 5 nitrogen and oxygen atoms in total. The van der Waals surface area contributed by atoms with Crippen molar-refractivity contribution in [3.63, 3.8) is 0 Å². The first-order valence-corrected chi connectivity index (χ1v) is 9.61. The Bertz CT molecular complexity index is 769. The Morgan fingerprint density at radius 3 is 2.50 bits per heavy atom. The van der Waals surface area contributed by atoms with Crippen molar-refractivity contribution < 1.29 is 9.53 Å². The minimum Gasteiger partial charge on any atom is -0.378 e. The van der Waals surface area contributed by atoms with Crippen molar-refractivity contribution in [3.8, 4) is 0 Å². The highest BCUT2D eigenvalue weighted by Gasteiger charge is 2.14. The molecular formula is C20H25N3O2S. The van der Waals surface area contributed by atoms with Gasteiger partial charge in [0.2, 0.25) is 0 Å². The van der Waals surface area contributed by atoms with Crippen LogP contribution in [0.5, 0.6) is 0 Å². The van der Waals surface area contributed by atoms with Gasteiger partial charge in [-0.05, 0) is 35.2 Å². The van der Waals surface area contributed by atoms with Gasteiger partial charge in [-0.1, -0.05) is 32.9 Å². The molecule has 3 rings (SSSR count). The maximum Gasteiger partial charge on any atom is 0.271 e. The minimum absolute atomic E-state index is 0.0739. The number of anilines is 1. The lowest BCUT2D eigenvalue weighted by Crippen LogP contribution is -2.35. The molecular weight excluding hydrogens is 346 g/mol. The van der Waals surface area contributed by atoms with Gasteiger partial charge in [-0.2, -0.15) is 5.10 Å². The van der Waals surface area contributed by atoms with E-state index in [0.29, 0.717) is 5.56 Å². The van der Waals surface area contributed by atoms with Crippen LogP contribution in [0.25, 0.3) is 0 Å². The van der Waals surface area contributed by atoms with Crippen LogP contribution in [0.15, 0.2) is 41.5 Å². The van der Waals surface area contributed by atoms with Crippen LogP contribution in [0.3, 0.4) is 0 Å². The molecule has 1 aliphatic heterocycles. The normalized spacial score (nSPS) is 15.4. The smallest absolute Gasteiger partial charge is 0.271 e. The molecule has 2 heterocycles. The largest absolute Gasteiger partial charge is 0.378 e. The number of amides is 1. The summed E-state index contributed by atoms with van der Waals surface area (Å²) in [4.78, 5) is 15.5. The molecule has 0 atom stereocenters. The van der Waals surface area contributed by atoms with Crippen LogP contribution in [-0.2, 0) is 10.2 Å². The van der Waals surface area contributed by atoms with Crippen LogP contribution in [0.2, 0.25) is 0 Å². The van der Waals surface area contributed by atoms with Crippen molar-refractivity contribution >= 4 is 28.5 Å². The van der Waals surface area contributed by atoms with E-state index in [2.05, 4.69) is 42.3 Å². The van der Waals surface area contributed by atoms with Crippen molar-refractivity contribution in [2.24, 2.45) is 5.10 Å². The van der Waals surface area contributed by atoms with E-state index in [1.807, 2.05) is 30.3 Å². The number of rotatable bonds is 4. The molecule has 2 aromatic rings. The van der Waals surface area contributed by atoms with Crippen molar-refractivity contribution in [2.75, 3.05) is 31.2 Å². The fourth-order valence-corrected chi connectivity index (χ4v) is 3.64. The van der Waals surface area contributed by atoms with Gasteiger partial charge in [-0.3, -0.25) is 4.79 Å². The number of carbonyl (C=O) groups is 1. The van der Waals surface area contributed by atoms with E-state index in [1.54, 1.807) is 17.6 Å². The third-order valence-electron chi connectivity index (χ3n) is 4.31. The molecule has 1 aliphatic rings. The van der Waals surface area contributed by atoms with E-state index in [1.165, 1.54) is 10.6 Å². The number of benzene rings is 1. The minimum atomic E-state index is -0.202. The molecule has 6 heteroatoms. The number of morpholine rings is 1. The van der Waals surface area contributed by atoms with E-state index in [0.717, 1.165) is 31.2 Å². The monoisotopic (exact) mass is 371 g/mol. The maximum atomic E-state index is 12.2. The third-order valence-corrected chi connectivity index (χ3v) is 5.39. The van der Waals surface area contributed by atoms with Crippen molar-refractivity contribution in [1.82, 2.24) is 5.43 Å². The van der Waals surface area contributed by atoms with Gasteiger partial charge < -0.3 is 9.64 Å². The molecule has 1 aromatic heterocycles. The molecule has 0 radical (unpaired) electrons. The fraction of sp³-hybridized carbons (Fsp3) is 0.400. The zero-order chi connectivity index (χ0) is 18.6. The summed E-state index contributed by atoms with van der Waals surface area (Å²) in [6.07, 6.45) is 1.69. The van der Waals surface area contributed by atoms with E-state index < -0.39 is 0 Å². The summed E-state index contributed by atoms with van der Waals surface area (Å²) in [5.41, 5.74) is 4.48. The van der Waals surface area contributed by atoms with Gasteiger partial charge in [0.15, 0.2) is 0 Å². The topological polar surface area (TPSA) is 53.9 Å². The number of ether oxygens (including phenoxy) is 1. The van der Waals surface area contributed by atoms with Crippen LogP contribution in [0, 0.1) is 0 Å². The second kappa shape index (κ2) is 8.01. The number of hydrogen-bond donors (Lipinski definition) is 1. The van der Waals surface area contributed by atoms with Crippen LogP contribution in [0.4, 0.5) is 5.00 Å². The molecule has 1 aromatic carbocycles. The molecule has 26 heavy (non-hydrogen) atoms. The fourth-order valence-electron chi connectivity index (χ4n) is 2.71. The summed E-state index contributed by atoms with van der Waals surface area (Å²) >= 11 is 1.66. The molecule has 0 saturated carbocycles. The number of hydrazone groups is 1. The van der Waals surface area contributed by atoms with Crippen molar-refractivity contribution in [2.45, 2.75) is 26.2 Å². The van der Waals surface area contributed by atoms with Crippen LogP contribution in [-0.4, -0.2) is 38.4 Å². The van der Waals surface area contributed by atoms with E-state index in [9.17, 15) is 4.79 Å². The van der Waals surface area contributed by atoms with Gasteiger partial charge in [-0.25, -0.2) is 5.43 Å². The summed E-state index contributed by atoms with van der Waals surface area (Å²) in [5.74, 6) is -0.202. The zero-order valence-electron chi connectivity index (χ0n) is 15.5. The number of thiophene rings is 1. The Labute approximate surface area is 158 Å². The Morgan fingerprint density at radius 2 is 1.85 bits per heavy atom. The first-order valence-electron chi connectivity index (χ1n) is 8.80. The quantitative estimate of drug-likeness (QED) is 0.659. The van der Waals surface area contributed by atoms with E-state index >= 15 is 0 Å². The Kier molecular flexibility index (Phi) is 5.74. The Hall–Kier alpha value is -2.18. The first kappa shape index (κ1) is 18.6. The molecule has 0 spiro atoms. The predicted molar refractivity (Wildman–Crippen MR) is 108 cm³/mol. The molecule has 138 valence electrons. The van der Waals surface area contributed by atoms with Crippen LogP contribution < -0.4 is 10.3 Å². The average molecular weight is 372 g/mol. The molecule has 1 amide bonds. The zero-order valence-corrected chi connectivity index (χ0v) is 16.3. The standard InChI is InChI=1S/C20H25N3O2S/c1-20(2,3)16-6-4-15(5-7-16)19(24)22-21-14-17-8-9-18(26-17)23-10-12-25-13-11-23/h4-9,14H,10-13H2,1-3H3,(H,22,24)/b21-14+. The molecule has 0 bridgehead atoms. The molecule has 1 fully saturated rings. The van der Waals surface area contributed by atoms with Crippen molar-refractivity contribution in [3.05, 3.63) is 52.4 Å². The SMILES string of the molecule is CC(C)(C)c1ccc(C(=O)N/N=C/c2ccc(N3CCOCC3)s2)cc1. The maximum absolute atomic E-state index is 12.2. The summed E-state index contributed by atoms with van der Waals surface area (Å²) < 4.78 is 5.38. The summed E-state index contributed by atoms with van der Waals surface area (Å²) in [5, 5.41) is 5.30. The summed E-state index contributed by atoms with van der Waals surface area (Å²) in [6, 6.07) is 11.8. The third kappa shape index (κ3) is 4.71. The highest BCUT2D eigenvalue weighted by atomic mass is 32.1. The Morgan fingerprint density at radius 1 is 1.15 bits per heavy atom. The lowest BCUT2D eigenvalue weighted by atomic mass is 9.87. The average Bonchev–Trinajstić information content (AvgIpc) is 3.11. The van der Waals surface area contributed by atoms with Gasteiger partial charge in [0.05, 0.1) is 24.4 Å². The molecule has 0 unspecified atom stereocenters. The summed E-state index contributed by atoms with van der Waals surface area (Å²) in [6.45, 7) is 9.82. The Balaban J connectivity index is 1.56. The van der Waals surface area contributed by atoms with Gasteiger partial charge in [-0.15, -0.1) is 11.3 Å². The highest BCUT2D eigenvalue weighted by Crippen LogP contribution is 2.25. The second-order valence-electron chi connectivity index (χ2n) is 7.30. The number of hydrogen-bond acceptors (Lipinski definition) is 5. The van der Waals surface area contributed by atoms with Crippen LogP contribution >= 0.6 is 11.3 Å². The number of nitrogens with zero attached hydrogens (tertiary/aromatic N) is 2. The lowest BCUT2D eigenvalue weighted by Gasteiger charge is -2.27. The lowest BCUT2D eigenvalue weighted by molar-refractivity contribution is 0.0955. The van der Waals surface area contributed by atoms with Gasteiger partial charge in [0.1, 0.15) is 0 Å². The van der Waals surface area contributed by atoms with E-state index in [-0.39, 0.29) is 11.3 Å². The summed E-state index contributed by atoms with van der Waals surface area (Å²) in [7, 11) is 0. The predicted octanol–water partition coefficient (Wildman–Crippen LogP) is 3.65. The molecule has 0 aliphatic carbocycles. The van der Waals surface area contributed by atoms with Crippen molar-refractivity contribution in [1.29, 1.82) is 0 Å². The molecule has 1 saturated heterocycles. The second-order valence-corrected chi connectivity index (χ2v) is 8.40.